The van der Waals surface area contributed by atoms with E-state index in [2.05, 4.69) is 26.5 Å². The first-order valence-electron chi connectivity index (χ1n) is 9.96. The van der Waals surface area contributed by atoms with E-state index in [4.69, 9.17) is 0 Å². The minimum atomic E-state index is 1.03. The molecule has 0 radical (unpaired) electrons. The Kier molecular flexibility index (Phi) is 18.7. The van der Waals surface area contributed by atoms with E-state index in [-0.39, 0.29) is 0 Å². The minimum Gasteiger partial charge on any atom is -0.179 e. The van der Waals surface area contributed by atoms with E-state index in [1.165, 1.54) is 103 Å². The highest BCUT2D eigenvalue weighted by molar-refractivity contribution is 7.80. The van der Waals surface area contributed by atoms with Gasteiger partial charge in [0.15, 0.2) is 0 Å². The van der Waals surface area contributed by atoms with Crippen molar-refractivity contribution in [2.45, 2.75) is 117 Å². The first-order chi connectivity index (χ1) is 10.3. The van der Waals surface area contributed by atoms with E-state index < -0.39 is 0 Å². The average Bonchev–Trinajstić information content (AvgIpc) is 2.50. The summed E-state index contributed by atoms with van der Waals surface area (Å²) in [5, 5.41) is 0. The van der Waals surface area contributed by atoms with Crippen molar-refractivity contribution in [3.63, 3.8) is 0 Å². The van der Waals surface area contributed by atoms with Crippen molar-refractivity contribution in [2.75, 3.05) is 5.75 Å². The lowest BCUT2D eigenvalue weighted by atomic mass is 9.91. The fourth-order valence-corrected chi connectivity index (χ4v) is 3.52. The highest BCUT2D eigenvalue weighted by Crippen LogP contribution is 2.22. The fourth-order valence-electron chi connectivity index (χ4n) is 3.29. The number of hydrogen-bond donors (Lipinski definition) is 1. The Balaban J connectivity index is 3.25. The predicted octanol–water partition coefficient (Wildman–Crippen LogP) is 7.81. The zero-order valence-electron chi connectivity index (χ0n) is 15.0. The molecule has 0 rings (SSSR count). The number of thiol groups is 1. The van der Waals surface area contributed by atoms with Gasteiger partial charge >= 0.3 is 0 Å². The Bertz CT molecular complexity index is 179. The summed E-state index contributed by atoms with van der Waals surface area (Å²) in [7, 11) is 0. The summed E-state index contributed by atoms with van der Waals surface area (Å²) in [5.74, 6) is 2.10. The summed E-state index contributed by atoms with van der Waals surface area (Å²) in [6.45, 7) is 4.66. The summed E-state index contributed by atoms with van der Waals surface area (Å²) in [4.78, 5) is 0. The molecule has 0 amide bonds. The molecule has 0 spiro atoms. The van der Waals surface area contributed by atoms with Gasteiger partial charge in [-0.05, 0) is 18.1 Å². The van der Waals surface area contributed by atoms with Gasteiger partial charge in [0.2, 0.25) is 0 Å². The van der Waals surface area contributed by atoms with Crippen LogP contribution in [0, 0.1) is 5.92 Å². The molecule has 1 unspecified atom stereocenters. The molecule has 0 fully saturated rings. The first-order valence-corrected chi connectivity index (χ1v) is 10.6. The molecule has 0 nitrogen and oxygen atoms in total. The molecule has 0 aliphatic carbocycles. The van der Waals surface area contributed by atoms with Gasteiger partial charge in [0.05, 0.1) is 0 Å². The van der Waals surface area contributed by atoms with E-state index in [9.17, 15) is 0 Å². The van der Waals surface area contributed by atoms with Crippen molar-refractivity contribution in [3.8, 4) is 0 Å². The van der Waals surface area contributed by atoms with Crippen molar-refractivity contribution >= 4 is 12.6 Å². The van der Waals surface area contributed by atoms with E-state index in [0.29, 0.717) is 0 Å². The van der Waals surface area contributed by atoms with Gasteiger partial charge in [-0.3, -0.25) is 0 Å². The third-order valence-electron chi connectivity index (χ3n) is 4.68. The second kappa shape index (κ2) is 18.4. The monoisotopic (exact) mass is 314 g/mol. The SMILES string of the molecule is CCCCC(CCC)CCCCCCCCCCCCS. The molecule has 1 heteroatoms. The Morgan fingerprint density at radius 1 is 0.524 bits per heavy atom. The van der Waals surface area contributed by atoms with E-state index in [1.807, 2.05) is 0 Å². The molecular weight excluding hydrogens is 272 g/mol. The van der Waals surface area contributed by atoms with Gasteiger partial charge in [-0.25, -0.2) is 0 Å². The van der Waals surface area contributed by atoms with Crippen LogP contribution in [0.4, 0.5) is 0 Å². The molecule has 1 atom stereocenters. The second-order valence-electron chi connectivity index (χ2n) is 6.84. The van der Waals surface area contributed by atoms with Gasteiger partial charge in [0.25, 0.3) is 0 Å². The molecule has 0 aromatic carbocycles. The van der Waals surface area contributed by atoms with Gasteiger partial charge in [-0.15, -0.1) is 0 Å². The van der Waals surface area contributed by atoms with Crippen LogP contribution in [-0.4, -0.2) is 5.75 Å². The van der Waals surface area contributed by atoms with Crippen LogP contribution in [0.5, 0.6) is 0 Å². The van der Waals surface area contributed by atoms with Crippen LogP contribution >= 0.6 is 12.6 Å². The smallest absolute Gasteiger partial charge is 0.00979 e. The zero-order chi connectivity index (χ0) is 15.6. The molecule has 128 valence electrons. The van der Waals surface area contributed by atoms with Crippen molar-refractivity contribution in [2.24, 2.45) is 5.92 Å². The normalized spacial score (nSPS) is 12.7. The summed E-state index contributed by atoms with van der Waals surface area (Å²) in [6.07, 6.45) is 23.0. The molecule has 0 heterocycles. The molecule has 0 N–H and O–H groups in total. The minimum absolute atomic E-state index is 1.03. The first kappa shape index (κ1) is 21.4. The second-order valence-corrected chi connectivity index (χ2v) is 7.29. The van der Waals surface area contributed by atoms with E-state index in [0.717, 1.165) is 11.7 Å². The molecule has 0 aromatic heterocycles. The van der Waals surface area contributed by atoms with Crippen molar-refractivity contribution in [1.29, 1.82) is 0 Å². The highest BCUT2D eigenvalue weighted by Gasteiger charge is 2.06. The fraction of sp³-hybridized carbons (Fsp3) is 1.00. The highest BCUT2D eigenvalue weighted by atomic mass is 32.1. The van der Waals surface area contributed by atoms with Gasteiger partial charge in [0.1, 0.15) is 0 Å². The Morgan fingerprint density at radius 2 is 1.00 bits per heavy atom. The Hall–Kier alpha value is 0.350. The lowest BCUT2D eigenvalue weighted by Gasteiger charge is -2.15. The van der Waals surface area contributed by atoms with Crippen LogP contribution in [0.25, 0.3) is 0 Å². The molecule has 0 aliphatic heterocycles. The van der Waals surface area contributed by atoms with Gasteiger partial charge in [-0.2, -0.15) is 12.6 Å². The standard InChI is InChI=1S/C20H42S/c1-3-5-17-20(16-4-2)18-14-12-10-8-6-7-9-11-13-15-19-21/h20-21H,3-19H2,1-2H3. The molecule has 0 bridgehead atoms. The largest absolute Gasteiger partial charge is 0.179 e. The number of rotatable bonds is 17. The molecule has 21 heavy (non-hydrogen) atoms. The van der Waals surface area contributed by atoms with Crippen LogP contribution in [0.1, 0.15) is 117 Å². The van der Waals surface area contributed by atoms with Gasteiger partial charge in [0, 0.05) is 0 Å². The summed E-state index contributed by atoms with van der Waals surface area (Å²) in [5.41, 5.74) is 0. The van der Waals surface area contributed by atoms with Crippen LogP contribution in [0.2, 0.25) is 0 Å². The molecule has 0 aliphatic rings. The van der Waals surface area contributed by atoms with Crippen LogP contribution in [-0.2, 0) is 0 Å². The Morgan fingerprint density at radius 3 is 1.48 bits per heavy atom. The maximum absolute atomic E-state index is 4.26. The van der Waals surface area contributed by atoms with E-state index in [1.54, 1.807) is 0 Å². The average molecular weight is 315 g/mol. The van der Waals surface area contributed by atoms with Crippen LogP contribution in [0.15, 0.2) is 0 Å². The number of unbranched alkanes of at least 4 members (excludes halogenated alkanes) is 10. The lowest BCUT2D eigenvalue weighted by molar-refractivity contribution is 0.383. The zero-order valence-corrected chi connectivity index (χ0v) is 15.9. The van der Waals surface area contributed by atoms with Gasteiger partial charge in [-0.1, -0.05) is 110 Å². The van der Waals surface area contributed by atoms with Crippen LogP contribution < -0.4 is 0 Å². The van der Waals surface area contributed by atoms with Gasteiger partial charge < -0.3 is 0 Å². The number of hydrogen-bond acceptors (Lipinski definition) is 1. The molecule has 0 aromatic rings. The molecule has 0 saturated heterocycles. The summed E-state index contributed by atoms with van der Waals surface area (Å²) in [6, 6.07) is 0. The van der Waals surface area contributed by atoms with Crippen molar-refractivity contribution in [1.82, 2.24) is 0 Å². The lowest BCUT2D eigenvalue weighted by Crippen LogP contribution is -2.00. The molecular formula is C20H42S. The maximum atomic E-state index is 4.26. The molecule has 0 saturated carbocycles. The van der Waals surface area contributed by atoms with E-state index >= 15 is 0 Å². The third-order valence-corrected chi connectivity index (χ3v) is 5.00. The third kappa shape index (κ3) is 16.5. The summed E-state index contributed by atoms with van der Waals surface area (Å²) >= 11 is 4.26. The predicted molar refractivity (Wildman–Crippen MR) is 103 cm³/mol. The van der Waals surface area contributed by atoms with Crippen molar-refractivity contribution in [3.05, 3.63) is 0 Å². The topological polar surface area (TPSA) is 0 Å². The summed E-state index contributed by atoms with van der Waals surface area (Å²) < 4.78 is 0. The van der Waals surface area contributed by atoms with Crippen molar-refractivity contribution < 1.29 is 0 Å². The Labute approximate surface area is 141 Å². The quantitative estimate of drug-likeness (QED) is 0.205. The van der Waals surface area contributed by atoms with Crippen LogP contribution in [0.3, 0.4) is 0 Å². The maximum Gasteiger partial charge on any atom is -0.00979 e.